The lowest BCUT2D eigenvalue weighted by atomic mass is 10.1. The van der Waals surface area contributed by atoms with E-state index in [0.717, 1.165) is 12.8 Å². The molecule has 3 nitrogen and oxygen atoms in total. The Hall–Kier alpha value is -1.51. The predicted octanol–water partition coefficient (Wildman–Crippen LogP) is 2.61. The Kier molecular flexibility index (Phi) is 3.36. The molecule has 1 aromatic rings. The standard InChI is InChI=1S/C14H20N2O/c1-10-4-5-12(11(2)8-10)9-16(3)14(17)15-13-6-7-13/h4-5,8,13H,6-7,9H2,1-3H3,(H,15,17). The van der Waals surface area contributed by atoms with Crippen LogP contribution in [0.2, 0.25) is 0 Å². The van der Waals surface area contributed by atoms with E-state index >= 15 is 0 Å². The van der Waals surface area contributed by atoms with Crippen molar-refractivity contribution in [3.05, 3.63) is 34.9 Å². The third kappa shape index (κ3) is 3.22. The van der Waals surface area contributed by atoms with Gasteiger partial charge < -0.3 is 10.2 Å². The molecular formula is C14H20N2O. The summed E-state index contributed by atoms with van der Waals surface area (Å²) in [4.78, 5) is 13.5. The van der Waals surface area contributed by atoms with Crippen molar-refractivity contribution in [1.29, 1.82) is 0 Å². The van der Waals surface area contributed by atoms with Crippen LogP contribution in [0.15, 0.2) is 18.2 Å². The Morgan fingerprint density at radius 2 is 2.12 bits per heavy atom. The highest BCUT2D eigenvalue weighted by Crippen LogP contribution is 2.19. The Morgan fingerprint density at radius 3 is 2.71 bits per heavy atom. The van der Waals surface area contributed by atoms with Gasteiger partial charge in [0.25, 0.3) is 0 Å². The van der Waals surface area contributed by atoms with Crippen molar-refractivity contribution < 1.29 is 4.79 Å². The Balaban J connectivity index is 1.96. The Bertz CT molecular complexity index is 424. The first kappa shape index (κ1) is 12.0. The second kappa shape index (κ2) is 4.78. The number of amides is 2. The van der Waals surface area contributed by atoms with Gasteiger partial charge in [0.1, 0.15) is 0 Å². The number of rotatable bonds is 3. The average Bonchev–Trinajstić information content (AvgIpc) is 3.06. The second-order valence-electron chi connectivity index (χ2n) is 5.01. The smallest absolute Gasteiger partial charge is 0.317 e. The molecule has 1 aromatic carbocycles. The number of aryl methyl sites for hydroxylation is 2. The van der Waals surface area contributed by atoms with Gasteiger partial charge in [0.2, 0.25) is 0 Å². The molecule has 3 heteroatoms. The first-order chi connectivity index (χ1) is 8.06. The molecule has 0 aromatic heterocycles. The van der Waals surface area contributed by atoms with E-state index in [-0.39, 0.29) is 6.03 Å². The monoisotopic (exact) mass is 232 g/mol. The van der Waals surface area contributed by atoms with Gasteiger partial charge in [0, 0.05) is 19.6 Å². The Labute approximate surface area is 103 Å². The summed E-state index contributed by atoms with van der Waals surface area (Å²) in [5.74, 6) is 0. The quantitative estimate of drug-likeness (QED) is 0.853. The second-order valence-corrected chi connectivity index (χ2v) is 5.01. The maximum absolute atomic E-state index is 11.8. The van der Waals surface area contributed by atoms with Gasteiger partial charge in [0.15, 0.2) is 0 Å². The SMILES string of the molecule is Cc1ccc(CN(C)C(=O)NC2CC2)c(C)c1. The highest BCUT2D eigenvalue weighted by Gasteiger charge is 2.24. The van der Waals surface area contributed by atoms with Crippen LogP contribution in [-0.4, -0.2) is 24.0 Å². The zero-order chi connectivity index (χ0) is 12.4. The molecule has 0 heterocycles. The minimum atomic E-state index is 0.0347. The van der Waals surface area contributed by atoms with Gasteiger partial charge in [-0.25, -0.2) is 4.79 Å². The summed E-state index contributed by atoms with van der Waals surface area (Å²) in [6.45, 7) is 4.85. The van der Waals surface area contributed by atoms with Crippen LogP contribution >= 0.6 is 0 Å². The molecule has 2 rings (SSSR count). The van der Waals surface area contributed by atoms with Crippen molar-refractivity contribution in [2.45, 2.75) is 39.3 Å². The number of hydrogen-bond acceptors (Lipinski definition) is 1. The average molecular weight is 232 g/mol. The third-order valence-corrected chi connectivity index (χ3v) is 3.16. The molecule has 0 unspecified atom stereocenters. The molecule has 0 spiro atoms. The van der Waals surface area contributed by atoms with E-state index in [1.54, 1.807) is 4.90 Å². The molecule has 0 radical (unpaired) electrons. The number of nitrogens with one attached hydrogen (secondary N) is 1. The van der Waals surface area contributed by atoms with Crippen LogP contribution in [0.4, 0.5) is 4.79 Å². The fourth-order valence-corrected chi connectivity index (χ4v) is 1.86. The maximum Gasteiger partial charge on any atom is 0.317 e. The van der Waals surface area contributed by atoms with Crippen molar-refractivity contribution in [3.63, 3.8) is 0 Å². The van der Waals surface area contributed by atoms with E-state index in [1.807, 2.05) is 7.05 Å². The summed E-state index contributed by atoms with van der Waals surface area (Å²) < 4.78 is 0. The van der Waals surface area contributed by atoms with Crippen LogP contribution in [0.3, 0.4) is 0 Å². The zero-order valence-corrected chi connectivity index (χ0v) is 10.8. The minimum Gasteiger partial charge on any atom is -0.335 e. The van der Waals surface area contributed by atoms with Gasteiger partial charge in [-0.2, -0.15) is 0 Å². The molecule has 92 valence electrons. The summed E-state index contributed by atoms with van der Waals surface area (Å²) in [5.41, 5.74) is 3.72. The third-order valence-electron chi connectivity index (χ3n) is 3.16. The van der Waals surface area contributed by atoms with Crippen molar-refractivity contribution in [2.24, 2.45) is 0 Å². The van der Waals surface area contributed by atoms with Gasteiger partial charge in [-0.15, -0.1) is 0 Å². The van der Waals surface area contributed by atoms with Gasteiger partial charge in [-0.05, 0) is 37.8 Å². The highest BCUT2D eigenvalue weighted by atomic mass is 16.2. The molecule has 1 aliphatic rings. The normalized spacial score (nSPS) is 14.5. The first-order valence-corrected chi connectivity index (χ1v) is 6.14. The number of urea groups is 1. The number of benzene rings is 1. The lowest BCUT2D eigenvalue weighted by Gasteiger charge is -2.19. The van der Waals surface area contributed by atoms with Crippen LogP contribution < -0.4 is 5.32 Å². The van der Waals surface area contributed by atoms with E-state index < -0.39 is 0 Å². The lowest BCUT2D eigenvalue weighted by Crippen LogP contribution is -2.38. The lowest BCUT2D eigenvalue weighted by molar-refractivity contribution is 0.206. The van der Waals surface area contributed by atoms with Crippen LogP contribution in [0.1, 0.15) is 29.5 Å². The van der Waals surface area contributed by atoms with Gasteiger partial charge in [-0.3, -0.25) is 0 Å². The molecule has 0 atom stereocenters. The van der Waals surface area contributed by atoms with Crippen LogP contribution in [0, 0.1) is 13.8 Å². The maximum atomic E-state index is 11.8. The van der Waals surface area contributed by atoms with E-state index in [1.165, 1.54) is 16.7 Å². The number of hydrogen-bond donors (Lipinski definition) is 1. The number of carbonyl (C=O) groups excluding carboxylic acids is 1. The topological polar surface area (TPSA) is 32.3 Å². The summed E-state index contributed by atoms with van der Waals surface area (Å²) in [5, 5.41) is 2.99. The van der Waals surface area contributed by atoms with Crippen molar-refractivity contribution in [2.75, 3.05) is 7.05 Å². The van der Waals surface area contributed by atoms with Crippen LogP contribution in [-0.2, 0) is 6.54 Å². The van der Waals surface area contributed by atoms with E-state index in [2.05, 4.69) is 37.4 Å². The largest absolute Gasteiger partial charge is 0.335 e. The number of carbonyl (C=O) groups is 1. The minimum absolute atomic E-state index is 0.0347. The molecule has 1 aliphatic carbocycles. The molecule has 2 amide bonds. The van der Waals surface area contributed by atoms with Crippen molar-refractivity contribution >= 4 is 6.03 Å². The molecule has 1 N–H and O–H groups in total. The van der Waals surface area contributed by atoms with Crippen molar-refractivity contribution in [3.8, 4) is 0 Å². The van der Waals surface area contributed by atoms with Gasteiger partial charge in [0.05, 0.1) is 0 Å². The van der Waals surface area contributed by atoms with E-state index in [0.29, 0.717) is 12.6 Å². The first-order valence-electron chi connectivity index (χ1n) is 6.14. The molecule has 1 saturated carbocycles. The summed E-state index contributed by atoms with van der Waals surface area (Å²) in [6.07, 6.45) is 2.26. The van der Waals surface area contributed by atoms with Gasteiger partial charge >= 0.3 is 6.03 Å². The molecule has 0 bridgehead atoms. The van der Waals surface area contributed by atoms with Gasteiger partial charge in [-0.1, -0.05) is 23.8 Å². The zero-order valence-electron chi connectivity index (χ0n) is 10.8. The van der Waals surface area contributed by atoms with Crippen molar-refractivity contribution in [1.82, 2.24) is 10.2 Å². The summed E-state index contributed by atoms with van der Waals surface area (Å²) in [6, 6.07) is 6.80. The summed E-state index contributed by atoms with van der Waals surface area (Å²) >= 11 is 0. The van der Waals surface area contributed by atoms with Crippen LogP contribution in [0.25, 0.3) is 0 Å². The molecule has 1 fully saturated rings. The molecule has 17 heavy (non-hydrogen) atoms. The Morgan fingerprint density at radius 1 is 1.41 bits per heavy atom. The van der Waals surface area contributed by atoms with Crippen LogP contribution in [0.5, 0.6) is 0 Å². The number of nitrogens with zero attached hydrogens (tertiary/aromatic N) is 1. The fraction of sp³-hybridized carbons (Fsp3) is 0.500. The molecular weight excluding hydrogens is 212 g/mol. The fourth-order valence-electron chi connectivity index (χ4n) is 1.86. The van der Waals surface area contributed by atoms with E-state index in [4.69, 9.17) is 0 Å². The predicted molar refractivity (Wildman–Crippen MR) is 68.9 cm³/mol. The molecule has 0 saturated heterocycles. The van der Waals surface area contributed by atoms with E-state index in [9.17, 15) is 4.79 Å². The highest BCUT2D eigenvalue weighted by molar-refractivity contribution is 5.74. The summed E-state index contributed by atoms with van der Waals surface area (Å²) in [7, 11) is 1.84. The molecule has 0 aliphatic heterocycles.